The number of benzene rings is 2. The summed E-state index contributed by atoms with van der Waals surface area (Å²) in [5, 5.41) is 2.96. The molecule has 0 spiro atoms. The van der Waals surface area contributed by atoms with Crippen molar-refractivity contribution >= 4 is 11.8 Å². The number of nitrogens with zero attached hydrogens (tertiary/aromatic N) is 1. The predicted molar refractivity (Wildman–Crippen MR) is 104 cm³/mol. The second-order valence-corrected chi connectivity index (χ2v) is 7.15. The lowest BCUT2D eigenvalue weighted by atomic mass is 10.1. The Bertz CT molecular complexity index is 789. The highest BCUT2D eigenvalue weighted by Gasteiger charge is 2.34. The topological polar surface area (TPSA) is 58.6 Å². The van der Waals surface area contributed by atoms with Gasteiger partial charge >= 0.3 is 0 Å². The summed E-state index contributed by atoms with van der Waals surface area (Å²) in [5.41, 5.74) is 2.01. The van der Waals surface area contributed by atoms with E-state index in [0.29, 0.717) is 19.6 Å². The molecule has 1 fully saturated rings. The van der Waals surface area contributed by atoms with Crippen LogP contribution >= 0.6 is 0 Å². The van der Waals surface area contributed by atoms with Crippen molar-refractivity contribution < 1.29 is 14.3 Å². The van der Waals surface area contributed by atoms with E-state index in [9.17, 15) is 9.59 Å². The van der Waals surface area contributed by atoms with Crippen LogP contribution < -0.4 is 10.1 Å². The molecule has 5 nitrogen and oxygen atoms in total. The van der Waals surface area contributed by atoms with Crippen LogP contribution in [-0.2, 0) is 22.7 Å². The number of ether oxygens (including phenoxy) is 1. The van der Waals surface area contributed by atoms with Crippen LogP contribution in [0.5, 0.6) is 5.75 Å². The Labute approximate surface area is 160 Å². The van der Waals surface area contributed by atoms with Gasteiger partial charge in [0.2, 0.25) is 11.8 Å². The van der Waals surface area contributed by atoms with Crippen LogP contribution in [0.2, 0.25) is 0 Å². The molecule has 1 atom stereocenters. The molecule has 1 heterocycles. The molecule has 0 unspecified atom stereocenters. The van der Waals surface area contributed by atoms with Crippen LogP contribution in [0.1, 0.15) is 31.4 Å². The molecular formula is C22H26N2O3. The molecule has 1 saturated heterocycles. The van der Waals surface area contributed by atoms with Gasteiger partial charge < -0.3 is 15.0 Å². The maximum absolute atomic E-state index is 12.6. The third-order valence-corrected chi connectivity index (χ3v) is 4.59. The molecule has 142 valence electrons. The van der Waals surface area contributed by atoms with Gasteiger partial charge in [-0.25, -0.2) is 0 Å². The lowest BCUT2D eigenvalue weighted by molar-refractivity contribution is -0.129. The Morgan fingerprint density at radius 1 is 1.15 bits per heavy atom. The normalized spacial score (nSPS) is 16.6. The van der Waals surface area contributed by atoms with Gasteiger partial charge in [0, 0.05) is 31.6 Å². The van der Waals surface area contributed by atoms with Crippen molar-refractivity contribution in [3.05, 3.63) is 65.7 Å². The van der Waals surface area contributed by atoms with E-state index in [1.54, 1.807) is 4.90 Å². The van der Waals surface area contributed by atoms with Gasteiger partial charge in [0.05, 0.1) is 12.0 Å². The second kappa shape index (κ2) is 8.71. The van der Waals surface area contributed by atoms with Crippen LogP contribution in [0, 0.1) is 5.92 Å². The van der Waals surface area contributed by atoms with Crippen molar-refractivity contribution in [3.8, 4) is 5.75 Å². The number of likely N-dealkylation sites (tertiary alicyclic amines) is 1. The standard InChI is InChI=1S/C22H26N2O3/c1-16(2)27-20-11-7-6-10-18(20)13-23-22(26)19-12-21(25)24(15-19)14-17-8-4-3-5-9-17/h3-11,16,19H,12-15H2,1-2H3,(H,23,26)/t19-/m1/s1. The largest absolute Gasteiger partial charge is 0.491 e. The summed E-state index contributed by atoms with van der Waals surface area (Å²) in [5.74, 6) is 0.418. The van der Waals surface area contributed by atoms with Gasteiger partial charge in [-0.3, -0.25) is 9.59 Å². The predicted octanol–water partition coefficient (Wildman–Crippen LogP) is 3.14. The van der Waals surface area contributed by atoms with Gasteiger partial charge in [0.25, 0.3) is 0 Å². The van der Waals surface area contributed by atoms with Crippen molar-refractivity contribution in [3.63, 3.8) is 0 Å². The zero-order chi connectivity index (χ0) is 19.2. The number of nitrogens with one attached hydrogen (secondary N) is 1. The van der Waals surface area contributed by atoms with E-state index in [4.69, 9.17) is 4.74 Å². The highest BCUT2D eigenvalue weighted by molar-refractivity contribution is 5.89. The molecule has 2 aromatic carbocycles. The van der Waals surface area contributed by atoms with Gasteiger partial charge in [-0.2, -0.15) is 0 Å². The Morgan fingerprint density at radius 3 is 2.59 bits per heavy atom. The fourth-order valence-corrected chi connectivity index (χ4v) is 3.25. The fourth-order valence-electron chi connectivity index (χ4n) is 3.25. The first-order chi connectivity index (χ1) is 13.0. The first-order valence-electron chi connectivity index (χ1n) is 9.37. The maximum atomic E-state index is 12.6. The highest BCUT2D eigenvalue weighted by atomic mass is 16.5. The number of rotatable bonds is 7. The molecule has 0 radical (unpaired) electrons. The van der Waals surface area contributed by atoms with E-state index in [-0.39, 0.29) is 30.3 Å². The minimum atomic E-state index is -0.306. The number of para-hydroxylation sites is 1. The molecule has 1 N–H and O–H groups in total. The summed E-state index contributed by atoms with van der Waals surface area (Å²) in [6.45, 7) is 5.35. The van der Waals surface area contributed by atoms with Crippen molar-refractivity contribution in [2.24, 2.45) is 5.92 Å². The smallest absolute Gasteiger partial charge is 0.225 e. The molecule has 1 aliphatic heterocycles. The Balaban J connectivity index is 1.56. The van der Waals surface area contributed by atoms with Crippen molar-refractivity contribution in [1.82, 2.24) is 10.2 Å². The van der Waals surface area contributed by atoms with Gasteiger partial charge in [0.15, 0.2) is 0 Å². The molecule has 0 aromatic heterocycles. The average Bonchev–Trinajstić information content (AvgIpc) is 3.02. The van der Waals surface area contributed by atoms with Crippen molar-refractivity contribution in [2.75, 3.05) is 6.54 Å². The summed E-state index contributed by atoms with van der Waals surface area (Å²) in [6, 6.07) is 17.5. The zero-order valence-electron chi connectivity index (χ0n) is 15.9. The lowest BCUT2D eigenvalue weighted by Gasteiger charge is -2.17. The van der Waals surface area contributed by atoms with Gasteiger partial charge in [0.1, 0.15) is 5.75 Å². The van der Waals surface area contributed by atoms with E-state index in [2.05, 4.69) is 5.32 Å². The Kier molecular flexibility index (Phi) is 6.12. The first kappa shape index (κ1) is 19.0. The van der Waals surface area contributed by atoms with Crippen LogP contribution in [-0.4, -0.2) is 29.4 Å². The summed E-state index contributed by atoms with van der Waals surface area (Å²) < 4.78 is 5.79. The number of carbonyl (C=O) groups excluding carboxylic acids is 2. The van der Waals surface area contributed by atoms with Gasteiger partial charge in [-0.15, -0.1) is 0 Å². The first-order valence-corrected chi connectivity index (χ1v) is 9.37. The second-order valence-electron chi connectivity index (χ2n) is 7.15. The maximum Gasteiger partial charge on any atom is 0.225 e. The molecule has 27 heavy (non-hydrogen) atoms. The summed E-state index contributed by atoms with van der Waals surface area (Å²) in [7, 11) is 0. The van der Waals surface area contributed by atoms with E-state index in [0.717, 1.165) is 16.9 Å². The fraction of sp³-hybridized carbons (Fsp3) is 0.364. The highest BCUT2D eigenvalue weighted by Crippen LogP contribution is 2.22. The minimum absolute atomic E-state index is 0.0301. The van der Waals surface area contributed by atoms with E-state index in [1.807, 2.05) is 68.4 Å². The van der Waals surface area contributed by atoms with Gasteiger partial charge in [-0.1, -0.05) is 48.5 Å². The molecule has 2 aromatic rings. The SMILES string of the molecule is CC(C)Oc1ccccc1CNC(=O)[C@@H]1CC(=O)N(Cc2ccccc2)C1. The van der Waals surface area contributed by atoms with E-state index in [1.165, 1.54) is 0 Å². The van der Waals surface area contributed by atoms with Crippen LogP contribution in [0.25, 0.3) is 0 Å². The summed E-state index contributed by atoms with van der Waals surface area (Å²) in [4.78, 5) is 26.6. The molecule has 2 amide bonds. The van der Waals surface area contributed by atoms with Crippen molar-refractivity contribution in [1.29, 1.82) is 0 Å². The molecule has 5 heteroatoms. The van der Waals surface area contributed by atoms with E-state index >= 15 is 0 Å². The van der Waals surface area contributed by atoms with Crippen LogP contribution in [0.4, 0.5) is 0 Å². The third-order valence-electron chi connectivity index (χ3n) is 4.59. The minimum Gasteiger partial charge on any atom is -0.491 e. The number of hydrogen-bond acceptors (Lipinski definition) is 3. The number of amides is 2. The monoisotopic (exact) mass is 366 g/mol. The summed E-state index contributed by atoms with van der Waals surface area (Å²) in [6.07, 6.45) is 0.337. The lowest BCUT2D eigenvalue weighted by Crippen LogP contribution is -2.32. The Hall–Kier alpha value is -2.82. The zero-order valence-corrected chi connectivity index (χ0v) is 15.9. The molecule has 0 aliphatic carbocycles. The van der Waals surface area contributed by atoms with E-state index < -0.39 is 0 Å². The summed E-state index contributed by atoms with van der Waals surface area (Å²) >= 11 is 0. The van der Waals surface area contributed by atoms with Crippen LogP contribution in [0.15, 0.2) is 54.6 Å². The Morgan fingerprint density at radius 2 is 1.85 bits per heavy atom. The average molecular weight is 366 g/mol. The molecule has 0 saturated carbocycles. The van der Waals surface area contributed by atoms with Crippen molar-refractivity contribution in [2.45, 2.75) is 39.5 Å². The molecule has 1 aliphatic rings. The van der Waals surface area contributed by atoms with Gasteiger partial charge in [-0.05, 0) is 25.5 Å². The quantitative estimate of drug-likeness (QED) is 0.819. The number of hydrogen-bond donors (Lipinski definition) is 1. The van der Waals surface area contributed by atoms with Crippen LogP contribution in [0.3, 0.4) is 0 Å². The molecular weight excluding hydrogens is 340 g/mol. The number of carbonyl (C=O) groups is 2. The molecule has 0 bridgehead atoms. The molecule has 3 rings (SSSR count). The third kappa shape index (κ3) is 5.09.